The van der Waals surface area contributed by atoms with E-state index in [1.807, 2.05) is 12.3 Å². The first-order valence-electron chi connectivity index (χ1n) is 5.58. The molecule has 1 rings (SSSR count). The van der Waals surface area contributed by atoms with Crippen molar-refractivity contribution < 1.29 is 19.8 Å². The fourth-order valence-electron chi connectivity index (χ4n) is 1.25. The lowest BCUT2D eigenvalue weighted by molar-refractivity contribution is -0.155. The van der Waals surface area contributed by atoms with E-state index in [-0.39, 0.29) is 6.54 Å². The average Bonchev–Trinajstić information content (AvgIpc) is 2.71. The summed E-state index contributed by atoms with van der Waals surface area (Å²) in [6.45, 7) is 2.96. The van der Waals surface area contributed by atoms with E-state index in [0.717, 1.165) is 17.6 Å². The fraction of sp³-hybridized carbons (Fsp3) is 0.545. The van der Waals surface area contributed by atoms with Crippen molar-refractivity contribution in [1.82, 2.24) is 15.2 Å². The molecule has 19 heavy (non-hydrogen) atoms. The van der Waals surface area contributed by atoms with Crippen molar-refractivity contribution in [2.75, 3.05) is 13.6 Å². The highest BCUT2D eigenvalue weighted by Crippen LogP contribution is 2.09. The summed E-state index contributed by atoms with van der Waals surface area (Å²) in [6.07, 6.45) is 0. The Bertz CT molecular complexity index is 472. The second-order valence-electron chi connectivity index (χ2n) is 4.45. The summed E-state index contributed by atoms with van der Waals surface area (Å²) in [7, 11) is 1.57. The molecule has 7 nitrogen and oxygen atoms in total. The number of nitrogens with zero attached hydrogens (tertiary/aromatic N) is 2. The van der Waals surface area contributed by atoms with Crippen LogP contribution in [0.3, 0.4) is 0 Å². The van der Waals surface area contributed by atoms with E-state index in [1.54, 1.807) is 7.05 Å². The minimum atomic E-state index is -1.98. The number of amides is 2. The van der Waals surface area contributed by atoms with Gasteiger partial charge in [-0.05, 0) is 13.8 Å². The summed E-state index contributed by atoms with van der Waals surface area (Å²) in [5, 5.41) is 23.3. The number of carbonyl (C=O) groups is 2. The van der Waals surface area contributed by atoms with E-state index < -0.39 is 17.6 Å². The number of carbonyl (C=O) groups excluding carboxylic acids is 1. The second-order valence-corrected chi connectivity index (χ2v) is 5.51. The molecule has 3 N–H and O–H groups in total. The molecule has 0 aliphatic heterocycles. The van der Waals surface area contributed by atoms with Crippen LogP contribution in [0.15, 0.2) is 5.38 Å². The quantitative estimate of drug-likeness (QED) is 0.728. The van der Waals surface area contributed by atoms with E-state index in [2.05, 4.69) is 10.3 Å². The Morgan fingerprint density at radius 2 is 2.21 bits per heavy atom. The predicted octanol–water partition coefficient (Wildman–Crippen LogP) is 0.429. The number of carboxylic acid groups (broad SMARTS) is 1. The minimum absolute atomic E-state index is 0.325. The first kappa shape index (κ1) is 15.4. The minimum Gasteiger partial charge on any atom is -0.479 e. The third-order valence-corrected chi connectivity index (χ3v) is 3.28. The zero-order chi connectivity index (χ0) is 14.6. The van der Waals surface area contributed by atoms with Crippen molar-refractivity contribution in [2.45, 2.75) is 26.0 Å². The molecule has 8 heteroatoms. The van der Waals surface area contributed by atoms with Gasteiger partial charge in [-0.25, -0.2) is 14.6 Å². The molecule has 0 spiro atoms. The summed E-state index contributed by atoms with van der Waals surface area (Å²) in [4.78, 5) is 28.0. The lowest BCUT2D eigenvalue weighted by Crippen LogP contribution is -2.49. The molecule has 1 unspecified atom stereocenters. The molecule has 1 heterocycles. The van der Waals surface area contributed by atoms with Gasteiger partial charge in [-0.1, -0.05) is 0 Å². The molecular weight excluding hydrogens is 270 g/mol. The van der Waals surface area contributed by atoms with Gasteiger partial charge in [0.1, 0.15) is 0 Å². The maximum atomic E-state index is 11.7. The number of hydrogen-bond donors (Lipinski definition) is 3. The van der Waals surface area contributed by atoms with Gasteiger partial charge in [-0.15, -0.1) is 11.3 Å². The first-order valence-corrected chi connectivity index (χ1v) is 6.46. The lowest BCUT2D eigenvalue weighted by Gasteiger charge is -2.21. The van der Waals surface area contributed by atoms with Crippen LogP contribution in [0.2, 0.25) is 0 Å². The standard InChI is InChI=1S/C11H17N3O4S/c1-7-13-8(5-19-7)4-14(3)10(17)12-6-11(2,18)9(15)16/h5,18H,4,6H2,1-3H3,(H,12,17)(H,15,16). The third kappa shape index (κ3) is 4.49. The van der Waals surface area contributed by atoms with Crippen molar-refractivity contribution in [3.05, 3.63) is 16.1 Å². The molecule has 1 aromatic rings. The molecule has 0 aromatic carbocycles. The number of rotatable bonds is 5. The highest BCUT2D eigenvalue weighted by Gasteiger charge is 2.30. The molecular formula is C11H17N3O4S. The summed E-state index contributed by atoms with van der Waals surface area (Å²) in [5.74, 6) is -1.38. The number of hydrogen-bond acceptors (Lipinski definition) is 5. The number of aliphatic carboxylic acids is 1. The SMILES string of the molecule is Cc1nc(CN(C)C(=O)NCC(C)(O)C(=O)O)cs1. The van der Waals surface area contributed by atoms with Gasteiger partial charge in [0.2, 0.25) is 0 Å². The summed E-state index contributed by atoms with van der Waals surface area (Å²) >= 11 is 1.49. The number of carboxylic acids is 1. The van der Waals surface area contributed by atoms with E-state index >= 15 is 0 Å². The molecule has 1 aromatic heterocycles. The predicted molar refractivity (Wildman–Crippen MR) is 70.0 cm³/mol. The van der Waals surface area contributed by atoms with Crippen LogP contribution in [0.1, 0.15) is 17.6 Å². The maximum absolute atomic E-state index is 11.7. The fourth-order valence-corrected chi connectivity index (χ4v) is 1.86. The van der Waals surface area contributed by atoms with E-state index in [9.17, 15) is 14.7 Å². The summed E-state index contributed by atoms with van der Waals surface area (Å²) in [5.41, 5.74) is -1.21. The van der Waals surface area contributed by atoms with Crippen LogP contribution in [0, 0.1) is 6.92 Å². The van der Waals surface area contributed by atoms with Crippen molar-refractivity contribution in [3.8, 4) is 0 Å². The highest BCUT2D eigenvalue weighted by molar-refractivity contribution is 7.09. The van der Waals surface area contributed by atoms with E-state index in [0.29, 0.717) is 6.54 Å². The molecule has 0 aliphatic carbocycles. The van der Waals surface area contributed by atoms with Crippen LogP contribution in [-0.4, -0.2) is 51.3 Å². The van der Waals surface area contributed by atoms with E-state index in [1.165, 1.54) is 16.2 Å². The number of nitrogens with one attached hydrogen (secondary N) is 1. The molecule has 2 amide bonds. The maximum Gasteiger partial charge on any atom is 0.337 e. The number of aliphatic hydroxyl groups is 1. The van der Waals surface area contributed by atoms with Gasteiger partial charge in [0.05, 0.1) is 23.8 Å². The van der Waals surface area contributed by atoms with Gasteiger partial charge in [0.15, 0.2) is 5.60 Å². The number of aryl methyl sites for hydroxylation is 1. The van der Waals surface area contributed by atoms with Crippen LogP contribution in [0.4, 0.5) is 4.79 Å². The largest absolute Gasteiger partial charge is 0.479 e. The molecule has 0 saturated carbocycles. The van der Waals surface area contributed by atoms with Crippen LogP contribution in [-0.2, 0) is 11.3 Å². The Hall–Kier alpha value is -1.67. The molecule has 0 fully saturated rings. The van der Waals surface area contributed by atoms with Crippen LogP contribution in [0.5, 0.6) is 0 Å². The second kappa shape index (κ2) is 5.98. The topological polar surface area (TPSA) is 103 Å². The molecule has 0 aliphatic rings. The van der Waals surface area contributed by atoms with Gasteiger partial charge < -0.3 is 20.4 Å². The third-order valence-electron chi connectivity index (χ3n) is 2.46. The van der Waals surface area contributed by atoms with E-state index in [4.69, 9.17) is 5.11 Å². The zero-order valence-electron chi connectivity index (χ0n) is 11.0. The highest BCUT2D eigenvalue weighted by atomic mass is 32.1. The molecule has 0 bridgehead atoms. The normalized spacial score (nSPS) is 13.7. The van der Waals surface area contributed by atoms with Gasteiger partial charge in [-0.2, -0.15) is 0 Å². The Kier molecular flexibility index (Phi) is 4.84. The smallest absolute Gasteiger partial charge is 0.337 e. The summed E-state index contributed by atoms with van der Waals surface area (Å²) < 4.78 is 0. The van der Waals surface area contributed by atoms with Gasteiger partial charge in [-0.3, -0.25) is 0 Å². The molecule has 0 saturated heterocycles. The Balaban J connectivity index is 2.47. The molecule has 106 valence electrons. The van der Waals surface area contributed by atoms with Crippen LogP contribution >= 0.6 is 11.3 Å². The van der Waals surface area contributed by atoms with Crippen molar-refractivity contribution >= 4 is 23.3 Å². The van der Waals surface area contributed by atoms with Crippen molar-refractivity contribution in [2.24, 2.45) is 0 Å². The average molecular weight is 287 g/mol. The Morgan fingerprint density at radius 3 is 2.68 bits per heavy atom. The van der Waals surface area contributed by atoms with Crippen LogP contribution < -0.4 is 5.32 Å². The number of thiazole rings is 1. The van der Waals surface area contributed by atoms with Gasteiger partial charge in [0, 0.05) is 12.4 Å². The number of urea groups is 1. The number of aromatic nitrogens is 1. The zero-order valence-corrected chi connectivity index (χ0v) is 11.8. The molecule has 1 atom stereocenters. The lowest BCUT2D eigenvalue weighted by atomic mass is 10.1. The van der Waals surface area contributed by atoms with Crippen molar-refractivity contribution in [3.63, 3.8) is 0 Å². The monoisotopic (exact) mass is 287 g/mol. The van der Waals surface area contributed by atoms with Gasteiger partial charge >= 0.3 is 12.0 Å². The first-order chi connectivity index (χ1) is 8.72. The van der Waals surface area contributed by atoms with Gasteiger partial charge in [0.25, 0.3) is 0 Å². The summed E-state index contributed by atoms with van der Waals surface area (Å²) in [6, 6.07) is -0.466. The van der Waals surface area contributed by atoms with Crippen molar-refractivity contribution in [1.29, 1.82) is 0 Å². The van der Waals surface area contributed by atoms with Crippen LogP contribution in [0.25, 0.3) is 0 Å². The Labute approximate surface area is 114 Å². The molecule has 0 radical (unpaired) electrons. The Morgan fingerprint density at radius 1 is 1.58 bits per heavy atom.